The summed E-state index contributed by atoms with van der Waals surface area (Å²) in [6.45, 7) is 0. The van der Waals surface area contributed by atoms with E-state index in [0.717, 1.165) is 0 Å². The molecule has 0 saturated heterocycles. The van der Waals surface area contributed by atoms with Crippen molar-refractivity contribution in [2.24, 2.45) is 5.41 Å². The summed E-state index contributed by atoms with van der Waals surface area (Å²) in [5.74, 6) is -0.696. The second kappa shape index (κ2) is 9.69. The summed E-state index contributed by atoms with van der Waals surface area (Å²) in [7, 11) is 1.32. The minimum absolute atomic E-state index is 0.378. The van der Waals surface area contributed by atoms with Gasteiger partial charge in [-0.1, -0.05) is 0 Å². The third-order valence-electron chi connectivity index (χ3n) is 6.18. The summed E-state index contributed by atoms with van der Waals surface area (Å²) in [6.07, 6.45) is 2.46. The summed E-state index contributed by atoms with van der Waals surface area (Å²) < 4.78 is 23.9. The maximum Gasteiger partial charge on any atom is 0.337 e. The lowest BCUT2D eigenvalue weighted by molar-refractivity contribution is -0.131. The Morgan fingerprint density at radius 3 is 2.08 bits per heavy atom. The summed E-state index contributed by atoms with van der Waals surface area (Å²) in [6, 6.07) is 18.8. The molecule has 8 nitrogen and oxygen atoms in total. The lowest BCUT2D eigenvalue weighted by Gasteiger charge is -2.16. The van der Waals surface area contributed by atoms with Crippen molar-refractivity contribution in [3.05, 3.63) is 90.4 Å². The second-order valence-electron chi connectivity index (χ2n) is 8.66. The van der Waals surface area contributed by atoms with Crippen molar-refractivity contribution in [1.29, 1.82) is 0 Å². The van der Waals surface area contributed by atoms with Gasteiger partial charge in [0.05, 0.1) is 18.2 Å². The molecule has 0 unspecified atom stereocenters. The molecular formula is C28H22FN3O5. The minimum atomic E-state index is -1.16. The maximum atomic E-state index is 13.1. The molecule has 1 saturated carbocycles. The molecular weight excluding hydrogens is 477 g/mol. The summed E-state index contributed by atoms with van der Waals surface area (Å²) >= 11 is 0. The molecule has 37 heavy (non-hydrogen) atoms. The highest BCUT2D eigenvalue weighted by Crippen LogP contribution is 2.47. The molecule has 0 atom stereocenters. The molecule has 0 bridgehead atoms. The minimum Gasteiger partial charge on any atom is -0.465 e. The lowest BCUT2D eigenvalue weighted by atomic mass is 10.0. The molecule has 0 spiro atoms. The van der Waals surface area contributed by atoms with Crippen LogP contribution >= 0.6 is 0 Å². The molecule has 3 aromatic carbocycles. The number of rotatable bonds is 7. The number of nitrogens with zero attached hydrogens (tertiary/aromatic N) is 1. The number of anilines is 2. The number of fused-ring (bicyclic) bond motifs is 1. The molecule has 9 heteroatoms. The van der Waals surface area contributed by atoms with Gasteiger partial charge in [0.1, 0.15) is 22.7 Å². The topological polar surface area (TPSA) is 107 Å². The molecule has 0 aliphatic heterocycles. The zero-order valence-electron chi connectivity index (χ0n) is 19.8. The number of aromatic nitrogens is 1. The van der Waals surface area contributed by atoms with E-state index in [1.165, 1.54) is 31.4 Å². The predicted octanol–water partition coefficient (Wildman–Crippen LogP) is 5.31. The van der Waals surface area contributed by atoms with Crippen LogP contribution in [0, 0.1) is 11.2 Å². The first-order valence-corrected chi connectivity index (χ1v) is 11.5. The van der Waals surface area contributed by atoms with Gasteiger partial charge in [-0.3, -0.25) is 14.6 Å². The average molecular weight is 499 g/mol. The average Bonchev–Trinajstić information content (AvgIpc) is 3.73. The third kappa shape index (κ3) is 4.97. The van der Waals surface area contributed by atoms with Gasteiger partial charge in [0.2, 0.25) is 11.8 Å². The first kappa shape index (κ1) is 23.9. The number of hydrogen-bond donors (Lipinski definition) is 2. The lowest BCUT2D eigenvalue weighted by Crippen LogP contribution is -2.35. The standard InChI is InChI=1S/C28H22FN3O5/c1-36-25(33)17-2-11-23-22(16-17)24(12-15-30-23)37-21-9-7-20(8-10-21)32-27(35)28(13-14-28)26(34)31-19-5-3-18(29)4-6-19/h2-12,15-16H,13-14H2,1H3,(H,31,34)(H,32,35). The number of pyridine rings is 1. The van der Waals surface area contributed by atoms with Crippen molar-refractivity contribution >= 4 is 40.1 Å². The Labute approximate surface area is 211 Å². The van der Waals surface area contributed by atoms with Crippen LogP contribution in [0.25, 0.3) is 10.9 Å². The Bertz CT molecular complexity index is 1500. The smallest absolute Gasteiger partial charge is 0.337 e. The van der Waals surface area contributed by atoms with Crippen molar-refractivity contribution in [2.45, 2.75) is 12.8 Å². The Balaban J connectivity index is 1.27. The van der Waals surface area contributed by atoms with E-state index >= 15 is 0 Å². The molecule has 186 valence electrons. The van der Waals surface area contributed by atoms with E-state index in [2.05, 4.69) is 15.6 Å². The number of halogens is 1. The van der Waals surface area contributed by atoms with Gasteiger partial charge in [-0.25, -0.2) is 9.18 Å². The van der Waals surface area contributed by atoms with E-state index in [4.69, 9.17) is 9.47 Å². The molecule has 0 radical (unpaired) electrons. The van der Waals surface area contributed by atoms with Gasteiger partial charge >= 0.3 is 5.97 Å². The van der Waals surface area contributed by atoms with Crippen molar-refractivity contribution < 1.29 is 28.2 Å². The van der Waals surface area contributed by atoms with E-state index in [0.29, 0.717) is 52.2 Å². The van der Waals surface area contributed by atoms with Gasteiger partial charge in [0.15, 0.2) is 0 Å². The van der Waals surface area contributed by atoms with E-state index in [-0.39, 0.29) is 0 Å². The van der Waals surface area contributed by atoms with Crippen LogP contribution in [0.5, 0.6) is 11.5 Å². The second-order valence-corrected chi connectivity index (χ2v) is 8.66. The molecule has 2 N–H and O–H groups in total. The van der Waals surface area contributed by atoms with E-state index in [9.17, 15) is 18.8 Å². The van der Waals surface area contributed by atoms with Crippen LogP contribution in [0.15, 0.2) is 79.0 Å². The number of benzene rings is 3. The number of amides is 2. The Morgan fingerprint density at radius 1 is 0.865 bits per heavy atom. The van der Waals surface area contributed by atoms with Gasteiger partial charge in [-0.2, -0.15) is 0 Å². The first-order valence-electron chi connectivity index (χ1n) is 11.5. The van der Waals surface area contributed by atoms with Crippen LogP contribution in [0.1, 0.15) is 23.2 Å². The molecule has 1 heterocycles. The van der Waals surface area contributed by atoms with Crippen LogP contribution in [0.4, 0.5) is 15.8 Å². The van der Waals surface area contributed by atoms with Gasteiger partial charge < -0.3 is 20.1 Å². The van der Waals surface area contributed by atoms with Crippen LogP contribution in [-0.2, 0) is 14.3 Å². The molecule has 1 aliphatic rings. The number of hydrogen-bond acceptors (Lipinski definition) is 6. The number of methoxy groups -OCH3 is 1. The number of ether oxygens (including phenoxy) is 2. The van der Waals surface area contributed by atoms with Gasteiger partial charge in [-0.15, -0.1) is 0 Å². The highest BCUT2D eigenvalue weighted by Gasteiger charge is 2.56. The number of nitrogens with one attached hydrogen (secondary N) is 2. The predicted molar refractivity (Wildman–Crippen MR) is 135 cm³/mol. The van der Waals surface area contributed by atoms with Crippen LogP contribution in [-0.4, -0.2) is 29.9 Å². The largest absolute Gasteiger partial charge is 0.465 e. The Kier molecular flexibility index (Phi) is 6.27. The highest BCUT2D eigenvalue weighted by atomic mass is 19.1. The molecule has 5 rings (SSSR count). The van der Waals surface area contributed by atoms with Crippen LogP contribution in [0.3, 0.4) is 0 Å². The number of carbonyl (C=O) groups is 3. The van der Waals surface area contributed by atoms with Crippen molar-refractivity contribution in [2.75, 3.05) is 17.7 Å². The number of carbonyl (C=O) groups excluding carboxylic acids is 3. The van der Waals surface area contributed by atoms with Gasteiger partial charge in [0.25, 0.3) is 0 Å². The number of esters is 1. The quantitative estimate of drug-likeness (QED) is 0.264. The third-order valence-corrected chi connectivity index (χ3v) is 6.18. The fraction of sp³-hybridized carbons (Fsp3) is 0.143. The Morgan fingerprint density at radius 2 is 1.49 bits per heavy atom. The summed E-state index contributed by atoms with van der Waals surface area (Å²) in [5, 5.41) is 6.12. The molecule has 4 aromatic rings. The van der Waals surface area contributed by atoms with Crippen molar-refractivity contribution in [3.8, 4) is 11.5 Å². The first-order chi connectivity index (χ1) is 17.9. The molecule has 1 aromatic heterocycles. The molecule has 1 aliphatic carbocycles. The summed E-state index contributed by atoms with van der Waals surface area (Å²) in [5.41, 5.74) is 0.808. The zero-order valence-corrected chi connectivity index (χ0v) is 19.8. The fourth-order valence-corrected chi connectivity index (χ4v) is 3.91. The van der Waals surface area contributed by atoms with Crippen molar-refractivity contribution in [1.82, 2.24) is 4.98 Å². The molecule has 1 fully saturated rings. The van der Waals surface area contributed by atoms with E-state index in [1.54, 1.807) is 54.7 Å². The van der Waals surface area contributed by atoms with E-state index < -0.39 is 29.0 Å². The monoisotopic (exact) mass is 499 g/mol. The fourth-order valence-electron chi connectivity index (χ4n) is 3.91. The van der Waals surface area contributed by atoms with E-state index in [1.807, 2.05) is 0 Å². The highest BCUT2D eigenvalue weighted by molar-refractivity contribution is 6.16. The summed E-state index contributed by atoms with van der Waals surface area (Å²) in [4.78, 5) is 41.9. The SMILES string of the molecule is COC(=O)c1ccc2nccc(Oc3ccc(NC(=O)C4(C(=O)Nc5ccc(F)cc5)CC4)cc3)c2c1. The zero-order chi connectivity index (χ0) is 26.0. The van der Waals surface area contributed by atoms with Crippen LogP contribution in [0.2, 0.25) is 0 Å². The van der Waals surface area contributed by atoms with Crippen molar-refractivity contribution in [3.63, 3.8) is 0 Å². The van der Waals surface area contributed by atoms with Crippen LogP contribution < -0.4 is 15.4 Å². The van der Waals surface area contributed by atoms with Gasteiger partial charge in [0, 0.05) is 23.0 Å². The molecule has 2 amide bonds. The Hall–Kier alpha value is -4.79. The maximum absolute atomic E-state index is 13.1. The van der Waals surface area contributed by atoms with Gasteiger partial charge in [-0.05, 0) is 85.6 Å². The normalized spacial score (nSPS) is 13.5.